The maximum Gasteiger partial charge on any atom is 0.192 e. The Morgan fingerprint density at radius 1 is 1.04 bits per heavy atom. The summed E-state index contributed by atoms with van der Waals surface area (Å²) in [5.41, 5.74) is 3.45. The Balaban J connectivity index is 1.89. The molecule has 0 aliphatic rings. The minimum atomic E-state index is -1.75. The van der Waals surface area contributed by atoms with Gasteiger partial charge in [0.1, 0.15) is 0 Å². The molecule has 1 aromatic carbocycles. The van der Waals surface area contributed by atoms with Crippen LogP contribution in [0.2, 0.25) is 18.1 Å². The van der Waals surface area contributed by atoms with E-state index in [9.17, 15) is 0 Å². The van der Waals surface area contributed by atoms with Gasteiger partial charge in [-0.3, -0.25) is 4.98 Å². The standard InChI is InChI=1S/C22H34N2OSi/c1-18(23-16-15-19-11-8-7-9-12-19)21-14-10-13-20(24-21)17-25-26(5,6)22(2,3)4/h7-14,18,23H,15-17H2,1-6H3/t18-/m0/s1. The van der Waals surface area contributed by atoms with Gasteiger partial charge in [-0.15, -0.1) is 0 Å². The summed E-state index contributed by atoms with van der Waals surface area (Å²) in [6.07, 6.45) is 1.03. The number of nitrogens with one attached hydrogen (secondary N) is 1. The van der Waals surface area contributed by atoms with Gasteiger partial charge in [-0.05, 0) is 55.7 Å². The van der Waals surface area contributed by atoms with Crippen molar-refractivity contribution in [2.24, 2.45) is 0 Å². The van der Waals surface area contributed by atoms with E-state index in [2.05, 4.69) is 94.6 Å². The quantitative estimate of drug-likeness (QED) is 0.623. The molecular weight excluding hydrogens is 336 g/mol. The van der Waals surface area contributed by atoms with Crippen molar-refractivity contribution in [2.75, 3.05) is 6.54 Å². The Labute approximate surface area is 160 Å². The highest BCUT2D eigenvalue weighted by atomic mass is 28.4. The summed E-state index contributed by atoms with van der Waals surface area (Å²) < 4.78 is 6.31. The lowest BCUT2D eigenvalue weighted by Crippen LogP contribution is -2.40. The van der Waals surface area contributed by atoms with Gasteiger partial charge in [-0.25, -0.2) is 0 Å². The summed E-state index contributed by atoms with van der Waals surface area (Å²) in [7, 11) is -1.75. The first-order valence-corrected chi connectivity index (χ1v) is 12.5. The summed E-state index contributed by atoms with van der Waals surface area (Å²) in [6, 6.07) is 17.0. The van der Waals surface area contributed by atoms with E-state index in [-0.39, 0.29) is 11.1 Å². The van der Waals surface area contributed by atoms with Crippen LogP contribution in [-0.2, 0) is 17.5 Å². The normalized spacial score (nSPS) is 13.6. The predicted octanol–water partition coefficient (Wildman–Crippen LogP) is 5.50. The zero-order chi connectivity index (χ0) is 19.2. The number of hydrogen-bond donors (Lipinski definition) is 1. The molecule has 2 rings (SSSR count). The largest absolute Gasteiger partial charge is 0.411 e. The number of nitrogens with zero attached hydrogens (tertiary/aromatic N) is 1. The summed E-state index contributed by atoms with van der Waals surface area (Å²) in [5, 5.41) is 3.80. The topological polar surface area (TPSA) is 34.1 Å². The molecule has 0 fully saturated rings. The number of benzene rings is 1. The lowest BCUT2D eigenvalue weighted by Gasteiger charge is -2.36. The van der Waals surface area contributed by atoms with Gasteiger partial charge in [0.05, 0.1) is 18.0 Å². The minimum Gasteiger partial charge on any atom is -0.411 e. The summed E-state index contributed by atoms with van der Waals surface area (Å²) in [6.45, 7) is 15.1. The molecule has 1 atom stereocenters. The third kappa shape index (κ3) is 6.04. The highest BCUT2D eigenvalue weighted by molar-refractivity contribution is 6.74. The molecule has 0 aliphatic carbocycles. The van der Waals surface area contributed by atoms with Gasteiger partial charge in [-0.1, -0.05) is 57.2 Å². The molecule has 0 spiro atoms. The van der Waals surface area contributed by atoms with Crippen molar-refractivity contribution in [1.29, 1.82) is 0 Å². The van der Waals surface area contributed by atoms with E-state index in [0.29, 0.717) is 6.61 Å². The summed E-state index contributed by atoms with van der Waals surface area (Å²) in [4.78, 5) is 4.82. The zero-order valence-corrected chi connectivity index (χ0v) is 18.2. The molecule has 0 bridgehead atoms. The maximum atomic E-state index is 6.31. The maximum absolute atomic E-state index is 6.31. The zero-order valence-electron chi connectivity index (χ0n) is 17.2. The van der Waals surface area contributed by atoms with E-state index in [1.165, 1.54) is 5.56 Å². The second kappa shape index (κ2) is 8.93. The highest BCUT2D eigenvalue weighted by Gasteiger charge is 2.37. The first-order valence-electron chi connectivity index (χ1n) is 9.56. The average molecular weight is 371 g/mol. The van der Waals surface area contributed by atoms with Crippen molar-refractivity contribution in [3.63, 3.8) is 0 Å². The van der Waals surface area contributed by atoms with Crippen molar-refractivity contribution in [3.8, 4) is 0 Å². The fraction of sp³-hybridized carbons (Fsp3) is 0.500. The van der Waals surface area contributed by atoms with Gasteiger partial charge >= 0.3 is 0 Å². The Morgan fingerprint density at radius 2 is 1.73 bits per heavy atom. The Hall–Kier alpha value is -1.49. The molecule has 0 unspecified atom stereocenters. The molecule has 1 heterocycles. The van der Waals surface area contributed by atoms with E-state index in [0.717, 1.165) is 24.4 Å². The van der Waals surface area contributed by atoms with Crippen LogP contribution in [0.3, 0.4) is 0 Å². The molecule has 1 aromatic heterocycles. The molecule has 0 saturated heterocycles. The molecule has 4 heteroatoms. The van der Waals surface area contributed by atoms with Crippen LogP contribution in [0.25, 0.3) is 0 Å². The highest BCUT2D eigenvalue weighted by Crippen LogP contribution is 2.36. The molecule has 0 radical (unpaired) electrons. The molecule has 142 valence electrons. The van der Waals surface area contributed by atoms with Crippen LogP contribution in [0.15, 0.2) is 48.5 Å². The average Bonchev–Trinajstić information content (AvgIpc) is 2.60. The second-order valence-corrected chi connectivity index (χ2v) is 13.3. The van der Waals surface area contributed by atoms with Crippen LogP contribution >= 0.6 is 0 Å². The fourth-order valence-electron chi connectivity index (χ4n) is 2.47. The molecule has 0 saturated carbocycles. The van der Waals surface area contributed by atoms with Gasteiger partial charge in [0.2, 0.25) is 0 Å². The molecule has 26 heavy (non-hydrogen) atoms. The van der Waals surface area contributed by atoms with Crippen LogP contribution in [0.4, 0.5) is 0 Å². The molecule has 0 aliphatic heterocycles. The van der Waals surface area contributed by atoms with Gasteiger partial charge in [0.25, 0.3) is 0 Å². The van der Waals surface area contributed by atoms with Gasteiger partial charge < -0.3 is 9.74 Å². The van der Waals surface area contributed by atoms with Crippen molar-refractivity contribution in [3.05, 3.63) is 65.5 Å². The van der Waals surface area contributed by atoms with Crippen LogP contribution < -0.4 is 5.32 Å². The van der Waals surface area contributed by atoms with E-state index in [4.69, 9.17) is 9.41 Å². The summed E-state index contributed by atoms with van der Waals surface area (Å²) in [5.74, 6) is 0. The number of pyridine rings is 1. The van der Waals surface area contributed by atoms with Gasteiger partial charge in [-0.2, -0.15) is 0 Å². The van der Waals surface area contributed by atoms with Crippen LogP contribution in [-0.4, -0.2) is 19.8 Å². The van der Waals surface area contributed by atoms with Crippen molar-refractivity contribution in [1.82, 2.24) is 10.3 Å². The van der Waals surface area contributed by atoms with Gasteiger partial charge in [0.15, 0.2) is 8.32 Å². The van der Waals surface area contributed by atoms with Crippen molar-refractivity contribution in [2.45, 2.75) is 64.9 Å². The molecule has 0 amide bonds. The first-order chi connectivity index (χ1) is 12.2. The fourth-order valence-corrected chi connectivity index (χ4v) is 3.41. The van der Waals surface area contributed by atoms with E-state index < -0.39 is 8.32 Å². The molecular formula is C22H34N2OSi. The second-order valence-electron chi connectivity index (χ2n) is 8.51. The van der Waals surface area contributed by atoms with E-state index in [1.54, 1.807) is 0 Å². The SMILES string of the molecule is C[C@H](NCCc1ccccc1)c1cccc(CO[Si](C)(C)C(C)(C)C)n1. The molecule has 2 aromatic rings. The third-order valence-corrected chi connectivity index (χ3v) is 9.84. The monoisotopic (exact) mass is 370 g/mol. The van der Waals surface area contributed by atoms with E-state index >= 15 is 0 Å². The van der Waals surface area contributed by atoms with Crippen molar-refractivity contribution < 1.29 is 4.43 Å². The van der Waals surface area contributed by atoms with Crippen LogP contribution in [0.5, 0.6) is 0 Å². The Bertz CT molecular complexity index is 680. The first kappa shape index (κ1) is 20.8. The number of aromatic nitrogens is 1. The Morgan fingerprint density at radius 3 is 2.38 bits per heavy atom. The third-order valence-electron chi connectivity index (χ3n) is 5.37. The lowest BCUT2D eigenvalue weighted by molar-refractivity contribution is 0.271. The van der Waals surface area contributed by atoms with Crippen LogP contribution in [0.1, 0.15) is 50.7 Å². The molecule has 3 nitrogen and oxygen atoms in total. The van der Waals surface area contributed by atoms with E-state index in [1.807, 2.05) is 0 Å². The summed E-state index contributed by atoms with van der Waals surface area (Å²) >= 11 is 0. The predicted molar refractivity (Wildman–Crippen MR) is 113 cm³/mol. The Kier molecular flexibility index (Phi) is 7.15. The smallest absolute Gasteiger partial charge is 0.192 e. The van der Waals surface area contributed by atoms with Crippen LogP contribution in [0, 0.1) is 0 Å². The number of hydrogen-bond acceptors (Lipinski definition) is 3. The lowest BCUT2D eigenvalue weighted by atomic mass is 10.1. The number of rotatable bonds is 8. The van der Waals surface area contributed by atoms with Gasteiger partial charge in [0, 0.05) is 6.04 Å². The minimum absolute atomic E-state index is 0.219. The molecule has 1 N–H and O–H groups in total. The van der Waals surface area contributed by atoms with Crippen molar-refractivity contribution >= 4 is 8.32 Å².